The number of hydrogen-bond donors (Lipinski definition) is 1. The lowest BCUT2D eigenvalue weighted by atomic mass is 9.87. The molecule has 0 spiro atoms. The molecule has 1 saturated heterocycles. The van der Waals surface area contributed by atoms with Crippen molar-refractivity contribution in [2.45, 2.75) is 70.0 Å². The fourth-order valence-corrected chi connectivity index (χ4v) is 7.27. The second-order valence-corrected chi connectivity index (χ2v) is 14.1. The summed E-state index contributed by atoms with van der Waals surface area (Å²) < 4.78 is 29.0. The highest BCUT2D eigenvalue weighted by Gasteiger charge is 2.33. The lowest BCUT2D eigenvalue weighted by Crippen LogP contribution is -2.46. The quantitative estimate of drug-likeness (QED) is 0.324. The van der Waals surface area contributed by atoms with E-state index in [1.54, 1.807) is 40.5 Å². The summed E-state index contributed by atoms with van der Waals surface area (Å²) >= 11 is 0. The summed E-state index contributed by atoms with van der Waals surface area (Å²) in [6, 6.07) is 12.8. The summed E-state index contributed by atoms with van der Waals surface area (Å²) in [7, 11) is -1.46. The normalized spacial score (nSPS) is 20.6. The molecule has 1 N–H and O–H groups in total. The molecule has 11 nitrogen and oxygen atoms in total. The number of nitrogens with zero attached hydrogens (tertiary/aromatic N) is 7. The van der Waals surface area contributed by atoms with Gasteiger partial charge in [0, 0.05) is 43.5 Å². The van der Waals surface area contributed by atoms with E-state index in [2.05, 4.69) is 51.5 Å². The highest BCUT2D eigenvalue weighted by Crippen LogP contribution is 2.34. The van der Waals surface area contributed by atoms with E-state index < -0.39 is 10.0 Å². The van der Waals surface area contributed by atoms with Crippen LogP contribution in [0.4, 0.5) is 5.82 Å². The summed E-state index contributed by atoms with van der Waals surface area (Å²) in [5, 5.41) is 12.4. The zero-order valence-corrected chi connectivity index (χ0v) is 25.9. The molecule has 228 valence electrons. The molecule has 2 aliphatic rings. The minimum Gasteiger partial charge on any atom is -0.307 e. The predicted molar refractivity (Wildman–Crippen MR) is 166 cm³/mol. The average molecular weight is 605 g/mol. The van der Waals surface area contributed by atoms with Gasteiger partial charge in [0.2, 0.25) is 10.0 Å². The summed E-state index contributed by atoms with van der Waals surface area (Å²) in [4.78, 5) is 20.3. The topological polar surface area (TPSA) is 118 Å². The lowest BCUT2D eigenvalue weighted by molar-refractivity contribution is 0.102. The van der Waals surface area contributed by atoms with Crippen molar-refractivity contribution in [2.75, 3.05) is 31.7 Å². The van der Waals surface area contributed by atoms with E-state index in [-0.39, 0.29) is 11.9 Å². The standard InChI is InChI=1S/C31H40N8O3S/c1-22-5-7-23(8-6-22)21-39-29(34-31(40)27-20-33-38-16-4-15-32-30(27)38)19-28(35-39)24-13-17-37(18-14-24)26-11-9-25(10-12-26)36(2)43(3,41)42/h4-8,15-16,19-20,24-26H,9-14,17-18,21H2,1-3H3,(H,34,40). The van der Waals surface area contributed by atoms with E-state index in [1.807, 2.05) is 10.7 Å². The van der Waals surface area contributed by atoms with Gasteiger partial charge < -0.3 is 10.2 Å². The number of anilines is 1. The lowest BCUT2D eigenvalue weighted by Gasteiger charge is -2.41. The minimum atomic E-state index is -3.16. The number of sulfonamides is 1. The fourth-order valence-electron chi connectivity index (χ4n) is 6.51. The van der Waals surface area contributed by atoms with E-state index in [0.29, 0.717) is 35.5 Å². The monoisotopic (exact) mass is 604 g/mol. The van der Waals surface area contributed by atoms with Crippen molar-refractivity contribution in [3.05, 3.63) is 77.4 Å². The van der Waals surface area contributed by atoms with Crippen LogP contribution in [0, 0.1) is 6.92 Å². The van der Waals surface area contributed by atoms with Gasteiger partial charge in [-0.25, -0.2) is 26.9 Å². The Hall–Kier alpha value is -3.61. The van der Waals surface area contributed by atoms with Crippen LogP contribution >= 0.6 is 0 Å². The number of benzene rings is 1. The molecule has 0 unspecified atom stereocenters. The van der Waals surface area contributed by atoms with Crippen LogP contribution in [0.3, 0.4) is 0 Å². The van der Waals surface area contributed by atoms with Gasteiger partial charge in [0.05, 0.1) is 24.7 Å². The molecule has 0 atom stereocenters. The number of fused-ring (bicyclic) bond motifs is 1. The third-order valence-electron chi connectivity index (χ3n) is 9.19. The summed E-state index contributed by atoms with van der Waals surface area (Å²) in [5.41, 5.74) is 4.23. The molecule has 0 radical (unpaired) electrons. The number of likely N-dealkylation sites (tertiary alicyclic amines) is 1. The Morgan fingerprint density at radius 3 is 2.49 bits per heavy atom. The number of amides is 1. The summed E-state index contributed by atoms with van der Waals surface area (Å²) in [6.07, 6.45) is 12.1. The average Bonchev–Trinajstić information content (AvgIpc) is 3.62. The molecule has 0 bridgehead atoms. The molecule has 12 heteroatoms. The Balaban J connectivity index is 1.15. The summed E-state index contributed by atoms with van der Waals surface area (Å²) in [6.45, 7) is 4.59. The number of carbonyl (C=O) groups excluding carboxylic acids is 1. The molecule has 6 rings (SSSR count). The molecule has 1 saturated carbocycles. The van der Waals surface area contributed by atoms with Gasteiger partial charge >= 0.3 is 0 Å². The Morgan fingerprint density at radius 1 is 1.07 bits per heavy atom. The van der Waals surface area contributed by atoms with Crippen molar-refractivity contribution in [1.29, 1.82) is 0 Å². The Morgan fingerprint density at radius 2 is 1.79 bits per heavy atom. The van der Waals surface area contributed by atoms with Crippen LogP contribution in [0.25, 0.3) is 5.65 Å². The molecule has 1 aliphatic carbocycles. The third-order valence-corrected chi connectivity index (χ3v) is 10.5. The molecule has 4 heterocycles. The number of nitrogens with one attached hydrogen (secondary N) is 1. The van der Waals surface area contributed by atoms with Crippen LogP contribution in [0.2, 0.25) is 0 Å². The van der Waals surface area contributed by atoms with Crippen molar-refractivity contribution >= 4 is 27.4 Å². The van der Waals surface area contributed by atoms with Crippen LogP contribution < -0.4 is 5.32 Å². The Kier molecular flexibility index (Phi) is 8.34. The third kappa shape index (κ3) is 6.51. The molecule has 3 aromatic heterocycles. The zero-order valence-electron chi connectivity index (χ0n) is 25.1. The van der Waals surface area contributed by atoms with E-state index in [1.165, 1.54) is 11.8 Å². The number of piperidine rings is 1. The summed E-state index contributed by atoms with van der Waals surface area (Å²) in [5.74, 6) is 0.696. The van der Waals surface area contributed by atoms with Crippen LogP contribution in [0.5, 0.6) is 0 Å². The van der Waals surface area contributed by atoms with Crippen LogP contribution in [-0.2, 0) is 16.6 Å². The first-order valence-corrected chi connectivity index (χ1v) is 16.9. The first-order valence-electron chi connectivity index (χ1n) is 15.1. The molecular weight excluding hydrogens is 564 g/mol. The fraction of sp³-hybridized carbons (Fsp3) is 0.484. The Labute approximate surface area is 252 Å². The zero-order chi connectivity index (χ0) is 30.1. The van der Waals surface area contributed by atoms with E-state index in [4.69, 9.17) is 5.10 Å². The highest BCUT2D eigenvalue weighted by atomic mass is 32.2. The van der Waals surface area contributed by atoms with Crippen LogP contribution in [0.1, 0.15) is 71.6 Å². The maximum absolute atomic E-state index is 13.4. The maximum atomic E-state index is 13.4. The molecule has 1 aliphatic heterocycles. The van der Waals surface area contributed by atoms with Crippen molar-refractivity contribution in [2.24, 2.45) is 0 Å². The highest BCUT2D eigenvalue weighted by molar-refractivity contribution is 7.88. The van der Waals surface area contributed by atoms with Gasteiger partial charge in [0.1, 0.15) is 11.4 Å². The smallest absolute Gasteiger partial charge is 0.262 e. The van der Waals surface area contributed by atoms with Gasteiger partial charge in [-0.1, -0.05) is 29.8 Å². The van der Waals surface area contributed by atoms with Crippen molar-refractivity contribution < 1.29 is 13.2 Å². The van der Waals surface area contributed by atoms with Crippen LogP contribution in [0.15, 0.2) is 55.0 Å². The van der Waals surface area contributed by atoms with E-state index in [0.717, 1.165) is 62.9 Å². The number of hydrogen-bond acceptors (Lipinski definition) is 7. The van der Waals surface area contributed by atoms with Gasteiger partial charge in [-0.15, -0.1) is 0 Å². The molecule has 2 fully saturated rings. The first-order chi connectivity index (χ1) is 20.7. The molecule has 1 amide bonds. The number of rotatable bonds is 8. The van der Waals surface area contributed by atoms with Crippen molar-refractivity contribution in [1.82, 2.24) is 33.6 Å². The largest absolute Gasteiger partial charge is 0.307 e. The van der Waals surface area contributed by atoms with Crippen molar-refractivity contribution in [3.8, 4) is 0 Å². The van der Waals surface area contributed by atoms with Gasteiger partial charge in [-0.2, -0.15) is 10.2 Å². The molecule has 4 aromatic rings. The van der Waals surface area contributed by atoms with Gasteiger partial charge in [-0.05, 0) is 70.2 Å². The molecular formula is C31H40N8O3S. The van der Waals surface area contributed by atoms with Gasteiger partial charge in [-0.3, -0.25) is 4.79 Å². The van der Waals surface area contributed by atoms with Gasteiger partial charge in [0.25, 0.3) is 5.91 Å². The second-order valence-electron chi connectivity index (χ2n) is 12.0. The maximum Gasteiger partial charge on any atom is 0.262 e. The molecule has 43 heavy (non-hydrogen) atoms. The predicted octanol–water partition coefficient (Wildman–Crippen LogP) is 3.92. The minimum absolute atomic E-state index is 0.103. The van der Waals surface area contributed by atoms with E-state index >= 15 is 0 Å². The Bertz CT molecular complexity index is 1680. The van der Waals surface area contributed by atoms with Crippen LogP contribution in [-0.4, -0.2) is 86.4 Å². The van der Waals surface area contributed by atoms with Crippen molar-refractivity contribution in [3.63, 3.8) is 0 Å². The first kappa shape index (κ1) is 29.5. The number of aryl methyl sites for hydroxylation is 1. The molecule has 1 aromatic carbocycles. The van der Waals surface area contributed by atoms with Gasteiger partial charge in [0.15, 0.2) is 5.65 Å². The number of aromatic nitrogens is 5. The second kappa shape index (κ2) is 12.2. The van der Waals surface area contributed by atoms with E-state index in [9.17, 15) is 13.2 Å². The number of carbonyl (C=O) groups is 1. The SMILES string of the molecule is Cc1ccc(Cn2nc(C3CCN(C4CCC(N(C)S(C)(=O)=O)CC4)CC3)cc2NC(=O)c2cnn3cccnc23)cc1.